The maximum absolute atomic E-state index is 12.8. The van der Waals surface area contributed by atoms with E-state index in [1.54, 1.807) is 54.6 Å². The van der Waals surface area contributed by atoms with Crippen LogP contribution in [0.3, 0.4) is 0 Å². The first-order chi connectivity index (χ1) is 14.9. The van der Waals surface area contributed by atoms with Crippen LogP contribution in [0.5, 0.6) is 11.5 Å². The summed E-state index contributed by atoms with van der Waals surface area (Å²) in [5.74, 6) is -0.516. The second-order valence-corrected chi connectivity index (χ2v) is 7.09. The van der Waals surface area contributed by atoms with E-state index >= 15 is 0 Å². The molecule has 4 rings (SSSR count). The molecule has 0 atom stereocenters. The molecule has 0 aliphatic carbocycles. The van der Waals surface area contributed by atoms with Crippen LogP contribution in [0.1, 0.15) is 31.1 Å². The molecule has 156 valence electrons. The second kappa shape index (κ2) is 8.12. The Bertz CT molecular complexity index is 1190. The Hall–Kier alpha value is -3.84. The van der Waals surface area contributed by atoms with E-state index in [1.165, 1.54) is 20.3 Å². The molecule has 3 aromatic carbocycles. The second-order valence-electron chi connectivity index (χ2n) is 6.68. The third-order valence-electron chi connectivity index (χ3n) is 4.89. The van der Waals surface area contributed by atoms with Gasteiger partial charge in [0.1, 0.15) is 11.5 Å². The molecule has 3 amide bonds. The molecule has 1 N–H and O–H groups in total. The van der Waals surface area contributed by atoms with E-state index in [0.717, 1.165) is 4.90 Å². The van der Waals surface area contributed by atoms with Gasteiger partial charge in [-0.05, 0) is 42.5 Å². The van der Waals surface area contributed by atoms with E-state index in [9.17, 15) is 14.4 Å². The summed E-state index contributed by atoms with van der Waals surface area (Å²) >= 11 is 6.09. The van der Waals surface area contributed by atoms with Crippen LogP contribution >= 0.6 is 11.6 Å². The summed E-state index contributed by atoms with van der Waals surface area (Å²) in [6.45, 7) is 0. The molecule has 0 bridgehead atoms. The fourth-order valence-electron chi connectivity index (χ4n) is 3.36. The maximum Gasteiger partial charge on any atom is 0.266 e. The van der Waals surface area contributed by atoms with Crippen molar-refractivity contribution < 1.29 is 23.9 Å². The van der Waals surface area contributed by atoms with Crippen LogP contribution in [-0.4, -0.2) is 31.9 Å². The van der Waals surface area contributed by atoms with Gasteiger partial charge in [0.25, 0.3) is 17.7 Å². The number of benzene rings is 3. The topological polar surface area (TPSA) is 84.9 Å². The van der Waals surface area contributed by atoms with Crippen molar-refractivity contribution in [3.8, 4) is 11.5 Å². The van der Waals surface area contributed by atoms with E-state index in [-0.39, 0.29) is 11.7 Å². The molecular formula is C23H17ClN2O5. The van der Waals surface area contributed by atoms with Gasteiger partial charge in [-0.25, -0.2) is 4.90 Å². The first-order valence-corrected chi connectivity index (χ1v) is 9.63. The van der Waals surface area contributed by atoms with Gasteiger partial charge >= 0.3 is 0 Å². The molecule has 1 heterocycles. The van der Waals surface area contributed by atoms with Crippen molar-refractivity contribution in [3.63, 3.8) is 0 Å². The SMILES string of the molecule is COc1ccc(C(=O)Nc2ccc(N3C(=O)c4ccccc4C3=O)c(OC)c2)cc1Cl. The molecule has 0 saturated heterocycles. The minimum atomic E-state index is -0.427. The molecule has 0 unspecified atom stereocenters. The van der Waals surface area contributed by atoms with Crippen LogP contribution in [0.2, 0.25) is 5.02 Å². The van der Waals surface area contributed by atoms with Crippen molar-refractivity contribution in [2.75, 3.05) is 24.4 Å². The zero-order valence-electron chi connectivity index (χ0n) is 16.6. The van der Waals surface area contributed by atoms with Crippen molar-refractivity contribution in [2.45, 2.75) is 0 Å². The molecule has 0 aromatic heterocycles. The zero-order valence-corrected chi connectivity index (χ0v) is 17.4. The number of fused-ring (bicyclic) bond motifs is 1. The highest BCUT2D eigenvalue weighted by Crippen LogP contribution is 2.36. The Morgan fingerprint density at radius 2 is 1.52 bits per heavy atom. The molecular weight excluding hydrogens is 420 g/mol. The molecule has 0 saturated carbocycles. The summed E-state index contributed by atoms with van der Waals surface area (Å²) in [5, 5.41) is 3.06. The minimum Gasteiger partial charge on any atom is -0.495 e. The molecule has 7 nitrogen and oxygen atoms in total. The Labute approximate surface area is 183 Å². The third kappa shape index (κ3) is 3.60. The smallest absolute Gasteiger partial charge is 0.266 e. The number of ether oxygens (including phenoxy) is 2. The van der Waals surface area contributed by atoms with Gasteiger partial charge in [-0.15, -0.1) is 0 Å². The number of halogens is 1. The molecule has 0 fully saturated rings. The van der Waals surface area contributed by atoms with Gasteiger partial charge in [-0.3, -0.25) is 14.4 Å². The van der Waals surface area contributed by atoms with Crippen molar-refractivity contribution in [1.29, 1.82) is 0 Å². The molecule has 3 aromatic rings. The number of anilines is 2. The lowest BCUT2D eigenvalue weighted by Gasteiger charge is -2.18. The third-order valence-corrected chi connectivity index (χ3v) is 5.18. The number of imide groups is 1. The van der Waals surface area contributed by atoms with Crippen LogP contribution in [0.15, 0.2) is 60.7 Å². The minimum absolute atomic E-state index is 0.264. The number of methoxy groups -OCH3 is 2. The average Bonchev–Trinajstić information content (AvgIpc) is 3.04. The van der Waals surface area contributed by atoms with Crippen molar-refractivity contribution in [2.24, 2.45) is 0 Å². The van der Waals surface area contributed by atoms with Gasteiger partial charge in [-0.1, -0.05) is 23.7 Å². The molecule has 1 aliphatic heterocycles. The predicted octanol–water partition coefficient (Wildman–Crippen LogP) is 4.41. The molecule has 31 heavy (non-hydrogen) atoms. The van der Waals surface area contributed by atoms with Crippen LogP contribution in [0.25, 0.3) is 0 Å². The average molecular weight is 437 g/mol. The summed E-state index contributed by atoms with van der Waals surface area (Å²) in [6.07, 6.45) is 0. The largest absolute Gasteiger partial charge is 0.495 e. The van der Waals surface area contributed by atoms with Crippen LogP contribution < -0.4 is 19.7 Å². The number of nitrogens with zero attached hydrogens (tertiary/aromatic N) is 1. The number of nitrogens with one attached hydrogen (secondary N) is 1. The first kappa shape index (κ1) is 20.4. The number of hydrogen-bond donors (Lipinski definition) is 1. The highest BCUT2D eigenvalue weighted by Gasteiger charge is 2.37. The highest BCUT2D eigenvalue weighted by molar-refractivity contribution is 6.35. The Morgan fingerprint density at radius 3 is 2.10 bits per heavy atom. The molecule has 0 radical (unpaired) electrons. The van der Waals surface area contributed by atoms with Crippen LogP contribution in [-0.2, 0) is 0 Å². The van der Waals surface area contributed by atoms with Gasteiger partial charge in [-0.2, -0.15) is 0 Å². The summed E-state index contributed by atoms with van der Waals surface area (Å²) in [5.41, 5.74) is 1.73. The molecule has 0 spiro atoms. The van der Waals surface area contributed by atoms with E-state index in [1.807, 2.05) is 0 Å². The van der Waals surface area contributed by atoms with Gasteiger partial charge in [0.05, 0.1) is 36.1 Å². The van der Waals surface area contributed by atoms with Gasteiger partial charge in [0.2, 0.25) is 0 Å². The number of rotatable bonds is 5. The standard InChI is InChI=1S/C23H17ClN2O5/c1-30-19-10-7-13(11-17(19)24)21(27)25-14-8-9-18(20(12-14)31-2)26-22(28)15-5-3-4-6-16(15)23(26)29/h3-12H,1-2H3,(H,25,27). The summed E-state index contributed by atoms with van der Waals surface area (Å²) < 4.78 is 10.5. The van der Waals surface area contributed by atoms with E-state index in [2.05, 4.69) is 5.32 Å². The summed E-state index contributed by atoms with van der Waals surface area (Å²) in [7, 11) is 2.91. The lowest BCUT2D eigenvalue weighted by atomic mass is 10.1. The number of carbonyl (C=O) groups is 3. The Morgan fingerprint density at radius 1 is 0.871 bits per heavy atom. The lowest BCUT2D eigenvalue weighted by Crippen LogP contribution is -2.29. The first-order valence-electron chi connectivity index (χ1n) is 9.25. The van der Waals surface area contributed by atoms with Crippen molar-refractivity contribution >= 4 is 40.7 Å². The maximum atomic E-state index is 12.8. The quantitative estimate of drug-likeness (QED) is 0.599. The van der Waals surface area contributed by atoms with Gasteiger partial charge in [0, 0.05) is 17.3 Å². The molecule has 8 heteroatoms. The zero-order chi connectivity index (χ0) is 22.1. The van der Waals surface area contributed by atoms with Crippen molar-refractivity contribution in [3.05, 3.63) is 82.4 Å². The fourth-order valence-corrected chi connectivity index (χ4v) is 3.62. The number of hydrogen-bond acceptors (Lipinski definition) is 5. The lowest BCUT2D eigenvalue weighted by molar-refractivity contribution is 0.0923. The van der Waals surface area contributed by atoms with E-state index in [4.69, 9.17) is 21.1 Å². The highest BCUT2D eigenvalue weighted by atomic mass is 35.5. The number of amides is 3. The van der Waals surface area contributed by atoms with Crippen LogP contribution in [0.4, 0.5) is 11.4 Å². The van der Waals surface area contributed by atoms with E-state index < -0.39 is 11.8 Å². The predicted molar refractivity (Wildman–Crippen MR) is 117 cm³/mol. The van der Waals surface area contributed by atoms with Crippen molar-refractivity contribution in [1.82, 2.24) is 0 Å². The van der Waals surface area contributed by atoms with Gasteiger partial charge in [0.15, 0.2) is 0 Å². The van der Waals surface area contributed by atoms with Crippen LogP contribution in [0, 0.1) is 0 Å². The fraction of sp³-hybridized carbons (Fsp3) is 0.0870. The van der Waals surface area contributed by atoms with Gasteiger partial charge < -0.3 is 14.8 Å². The molecule has 1 aliphatic rings. The Kier molecular flexibility index (Phi) is 5.35. The number of carbonyl (C=O) groups excluding carboxylic acids is 3. The normalized spacial score (nSPS) is 12.5. The summed E-state index contributed by atoms with van der Waals surface area (Å²) in [4.78, 5) is 39.2. The summed E-state index contributed by atoms with van der Waals surface area (Å²) in [6, 6.07) is 16.0. The monoisotopic (exact) mass is 436 g/mol. The van der Waals surface area contributed by atoms with E-state index in [0.29, 0.717) is 38.8 Å². The Balaban J connectivity index is 1.61.